The normalized spacial score (nSPS) is 10.7. The SMILES string of the molecule is COc1ccc(C=C(C#N)C(=O)O)c(OCc2ccccc2)c1. The molecule has 0 aliphatic heterocycles. The molecule has 2 rings (SSSR count). The lowest BCUT2D eigenvalue weighted by molar-refractivity contribution is -0.132. The van der Waals surface area contributed by atoms with Gasteiger partial charge in [-0.15, -0.1) is 0 Å². The Kier molecular flexibility index (Phi) is 5.37. The van der Waals surface area contributed by atoms with Gasteiger partial charge in [-0.25, -0.2) is 4.79 Å². The summed E-state index contributed by atoms with van der Waals surface area (Å²) in [5.74, 6) is -0.251. The number of carboxylic acid groups (broad SMARTS) is 1. The molecule has 0 bridgehead atoms. The Morgan fingerprint density at radius 1 is 1.26 bits per heavy atom. The van der Waals surface area contributed by atoms with E-state index in [2.05, 4.69) is 0 Å². The predicted octanol–water partition coefficient (Wildman–Crippen LogP) is 3.27. The van der Waals surface area contributed by atoms with E-state index in [1.807, 2.05) is 30.3 Å². The molecule has 0 saturated carbocycles. The van der Waals surface area contributed by atoms with Crippen molar-refractivity contribution in [3.63, 3.8) is 0 Å². The molecular formula is C18H15NO4. The maximum atomic E-state index is 11.0. The number of carbonyl (C=O) groups is 1. The number of hydrogen-bond donors (Lipinski definition) is 1. The summed E-state index contributed by atoms with van der Waals surface area (Å²) in [5.41, 5.74) is 1.12. The second kappa shape index (κ2) is 7.66. The van der Waals surface area contributed by atoms with E-state index in [-0.39, 0.29) is 5.57 Å². The van der Waals surface area contributed by atoms with Crippen LogP contribution in [0, 0.1) is 11.3 Å². The van der Waals surface area contributed by atoms with E-state index in [4.69, 9.17) is 19.8 Å². The second-order valence-electron chi connectivity index (χ2n) is 4.65. The Balaban J connectivity index is 2.32. The van der Waals surface area contributed by atoms with E-state index >= 15 is 0 Å². The Morgan fingerprint density at radius 3 is 2.61 bits per heavy atom. The molecular weight excluding hydrogens is 294 g/mol. The van der Waals surface area contributed by atoms with E-state index in [1.165, 1.54) is 13.2 Å². The van der Waals surface area contributed by atoms with Crippen LogP contribution in [0.2, 0.25) is 0 Å². The Morgan fingerprint density at radius 2 is 2.00 bits per heavy atom. The first-order chi connectivity index (χ1) is 11.1. The van der Waals surface area contributed by atoms with Crippen LogP contribution >= 0.6 is 0 Å². The van der Waals surface area contributed by atoms with Crippen LogP contribution < -0.4 is 9.47 Å². The minimum atomic E-state index is -1.28. The number of methoxy groups -OCH3 is 1. The van der Waals surface area contributed by atoms with Crippen LogP contribution in [0.1, 0.15) is 11.1 Å². The molecule has 0 unspecified atom stereocenters. The average molecular weight is 309 g/mol. The lowest BCUT2D eigenvalue weighted by atomic mass is 10.1. The third-order valence-corrected chi connectivity index (χ3v) is 3.11. The summed E-state index contributed by atoms with van der Waals surface area (Å²) in [6.45, 7) is 0.323. The van der Waals surface area contributed by atoms with Crippen LogP contribution in [-0.4, -0.2) is 18.2 Å². The van der Waals surface area contributed by atoms with Crippen molar-refractivity contribution in [3.05, 3.63) is 65.2 Å². The van der Waals surface area contributed by atoms with Crippen molar-refractivity contribution in [1.29, 1.82) is 5.26 Å². The molecule has 5 heteroatoms. The van der Waals surface area contributed by atoms with E-state index in [0.717, 1.165) is 5.56 Å². The fourth-order valence-corrected chi connectivity index (χ4v) is 1.92. The maximum absolute atomic E-state index is 11.0. The van der Waals surface area contributed by atoms with Crippen LogP contribution in [0.5, 0.6) is 11.5 Å². The molecule has 0 amide bonds. The monoisotopic (exact) mass is 309 g/mol. The molecule has 0 aliphatic carbocycles. The molecule has 0 radical (unpaired) electrons. The summed E-state index contributed by atoms with van der Waals surface area (Å²) >= 11 is 0. The largest absolute Gasteiger partial charge is 0.497 e. The van der Waals surface area contributed by atoms with E-state index in [1.54, 1.807) is 24.3 Å². The fourth-order valence-electron chi connectivity index (χ4n) is 1.92. The second-order valence-corrected chi connectivity index (χ2v) is 4.65. The van der Waals surface area contributed by atoms with Gasteiger partial charge in [0, 0.05) is 11.6 Å². The summed E-state index contributed by atoms with van der Waals surface area (Å²) in [5, 5.41) is 17.9. The van der Waals surface area contributed by atoms with Gasteiger partial charge in [-0.3, -0.25) is 0 Å². The van der Waals surface area contributed by atoms with E-state index in [0.29, 0.717) is 23.7 Å². The zero-order chi connectivity index (χ0) is 16.7. The molecule has 0 aliphatic rings. The molecule has 116 valence electrons. The Bertz CT molecular complexity index is 760. The number of nitriles is 1. The highest BCUT2D eigenvalue weighted by Crippen LogP contribution is 2.27. The summed E-state index contributed by atoms with van der Waals surface area (Å²) in [6.07, 6.45) is 1.28. The zero-order valence-corrected chi connectivity index (χ0v) is 12.5. The van der Waals surface area contributed by atoms with E-state index < -0.39 is 5.97 Å². The molecule has 5 nitrogen and oxygen atoms in total. The first-order valence-electron chi connectivity index (χ1n) is 6.84. The van der Waals surface area contributed by atoms with Gasteiger partial charge in [0.15, 0.2) is 0 Å². The molecule has 0 saturated heterocycles. The maximum Gasteiger partial charge on any atom is 0.346 e. The molecule has 2 aromatic carbocycles. The van der Waals surface area contributed by atoms with Crippen molar-refractivity contribution in [2.24, 2.45) is 0 Å². The summed E-state index contributed by atoms with van der Waals surface area (Å²) in [4.78, 5) is 11.0. The first kappa shape index (κ1) is 16.1. The quantitative estimate of drug-likeness (QED) is 0.654. The topological polar surface area (TPSA) is 79.5 Å². The average Bonchev–Trinajstić information content (AvgIpc) is 2.58. The number of benzene rings is 2. The van der Waals surface area contributed by atoms with Gasteiger partial charge in [-0.2, -0.15) is 5.26 Å². The molecule has 0 atom stereocenters. The third kappa shape index (κ3) is 4.35. The summed E-state index contributed by atoms with van der Waals surface area (Å²) < 4.78 is 10.9. The lowest BCUT2D eigenvalue weighted by Gasteiger charge is -2.11. The predicted molar refractivity (Wildman–Crippen MR) is 85.0 cm³/mol. The highest BCUT2D eigenvalue weighted by atomic mass is 16.5. The van der Waals surface area contributed by atoms with Gasteiger partial charge >= 0.3 is 5.97 Å². The number of ether oxygens (including phenoxy) is 2. The Labute approximate surface area is 134 Å². The lowest BCUT2D eigenvalue weighted by Crippen LogP contribution is -2.00. The van der Waals surface area contributed by atoms with Crippen LogP contribution in [0.15, 0.2) is 54.1 Å². The minimum Gasteiger partial charge on any atom is -0.497 e. The van der Waals surface area contributed by atoms with Gasteiger partial charge in [0.2, 0.25) is 0 Å². The molecule has 23 heavy (non-hydrogen) atoms. The van der Waals surface area contributed by atoms with Gasteiger partial charge in [-0.05, 0) is 23.8 Å². The first-order valence-corrected chi connectivity index (χ1v) is 6.84. The highest BCUT2D eigenvalue weighted by molar-refractivity contribution is 5.96. The van der Waals surface area contributed by atoms with E-state index in [9.17, 15) is 4.79 Å². The standard InChI is InChI=1S/C18H15NO4/c1-22-16-8-7-14(9-15(11-19)18(20)21)17(10-16)23-12-13-5-3-2-4-6-13/h2-10H,12H2,1H3,(H,20,21). The van der Waals surface area contributed by atoms with Crippen molar-refractivity contribution < 1.29 is 19.4 Å². The van der Waals surface area contributed by atoms with Crippen LogP contribution in [0.3, 0.4) is 0 Å². The highest BCUT2D eigenvalue weighted by Gasteiger charge is 2.10. The summed E-state index contributed by atoms with van der Waals surface area (Å²) in [7, 11) is 1.53. The van der Waals surface area contributed by atoms with Crippen molar-refractivity contribution >= 4 is 12.0 Å². The molecule has 0 spiro atoms. The molecule has 2 aromatic rings. The van der Waals surface area contributed by atoms with Gasteiger partial charge < -0.3 is 14.6 Å². The van der Waals surface area contributed by atoms with Gasteiger partial charge in [0.1, 0.15) is 29.7 Å². The number of nitrogens with zero attached hydrogens (tertiary/aromatic N) is 1. The number of aliphatic carboxylic acids is 1. The number of carboxylic acids is 1. The van der Waals surface area contributed by atoms with Crippen LogP contribution in [0.4, 0.5) is 0 Å². The third-order valence-electron chi connectivity index (χ3n) is 3.11. The van der Waals surface area contributed by atoms with Crippen molar-refractivity contribution in [2.45, 2.75) is 6.61 Å². The Hall–Kier alpha value is -3.26. The summed E-state index contributed by atoms with van der Waals surface area (Å²) in [6, 6.07) is 16.2. The van der Waals surface area contributed by atoms with Gasteiger partial charge in [0.25, 0.3) is 0 Å². The van der Waals surface area contributed by atoms with Crippen LogP contribution in [-0.2, 0) is 11.4 Å². The molecule has 0 heterocycles. The van der Waals surface area contributed by atoms with Crippen LogP contribution in [0.25, 0.3) is 6.08 Å². The van der Waals surface area contributed by atoms with Gasteiger partial charge in [0.05, 0.1) is 7.11 Å². The molecule has 1 N–H and O–H groups in total. The minimum absolute atomic E-state index is 0.323. The smallest absolute Gasteiger partial charge is 0.346 e. The molecule has 0 fully saturated rings. The van der Waals surface area contributed by atoms with Crippen molar-refractivity contribution in [1.82, 2.24) is 0 Å². The van der Waals surface area contributed by atoms with Gasteiger partial charge in [-0.1, -0.05) is 30.3 Å². The molecule has 0 aromatic heterocycles. The van der Waals surface area contributed by atoms with Crippen molar-refractivity contribution in [3.8, 4) is 17.6 Å². The fraction of sp³-hybridized carbons (Fsp3) is 0.111. The number of rotatable bonds is 6. The zero-order valence-electron chi connectivity index (χ0n) is 12.5. The number of hydrogen-bond acceptors (Lipinski definition) is 4. The van der Waals surface area contributed by atoms with Crippen molar-refractivity contribution in [2.75, 3.05) is 7.11 Å².